The van der Waals surface area contributed by atoms with Crippen molar-refractivity contribution in [3.05, 3.63) is 30.3 Å². The quantitative estimate of drug-likeness (QED) is 0.793. The maximum Gasteiger partial charge on any atom is 0.426 e. The molecule has 1 rings (SSSR count). The van der Waals surface area contributed by atoms with Crippen LogP contribution < -0.4 is 9.46 Å². The summed E-state index contributed by atoms with van der Waals surface area (Å²) in [6.45, 7) is 2.33. The molecule has 0 aliphatic carbocycles. The minimum absolute atomic E-state index is 0.342. The van der Waals surface area contributed by atoms with E-state index in [2.05, 4.69) is 4.72 Å². The van der Waals surface area contributed by atoms with Crippen LogP contribution in [-0.2, 0) is 15.4 Å². The molecule has 1 amide bonds. The first kappa shape index (κ1) is 13.7. The number of unbranched alkanes of at least 4 members (excludes halogenated alkanes) is 1. The van der Waals surface area contributed by atoms with Gasteiger partial charge < -0.3 is 4.74 Å². The molecule has 1 N–H and O–H groups in total. The Balaban J connectivity index is 2.27. The zero-order valence-corrected chi connectivity index (χ0v) is 10.4. The Morgan fingerprint density at radius 3 is 2.71 bits per heavy atom. The second kappa shape index (κ2) is 7.81. The van der Waals surface area contributed by atoms with Gasteiger partial charge in [-0.05, 0) is 18.6 Å². The van der Waals surface area contributed by atoms with Gasteiger partial charge in [0.25, 0.3) is 11.3 Å². The molecule has 0 aromatic heterocycles. The zero-order valence-electron chi connectivity index (χ0n) is 9.55. The van der Waals surface area contributed by atoms with Crippen LogP contribution in [-0.4, -0.2) is 16.9 Å². The number of amides is 1. The van der Waals surface area contributed by atoms with E-state index in [1.165, 1.54) is 0 Å². The van der Waals surface area contributed by atoms with Crippen LogP contribution in [0.1, 0.15) is 19.8 Å². The van der Waals surface area contributed by atoms with E-state index in [0.29, 0.717) is 12.4 Å². The van der Waals surface area contributed by atoms with E-state index in [-0.39, 0.29) is 0 Å². The Bertz CT molecular complexity index is 369. The standard InChI is InChI=1S/C11H15NO4S/c1-2-3-9-15-17(14)12-11(13)16-10-7-5-4-6-8-10/h4-8H,2-3,9H2,1H3,(H,12,13). The number of para-hydroxylation sites is 1. The number of ether oxygens (including phenoxy) is 1. The fourth-order valence-corrected chi connectivity index (χ4v) is 1.50. The average Bonchev–Trinajstić information content (AvgIpc) is 2.30. The second-order valence-electron chi connectivity index (χ2n) is 3.21. The molecule has 0 bridgehead atoms. The summed E-state index contributed by atoms with van der Waals surface area (Å²) in [7, 11) is 0. The summed E-state index contributed by atoms with van der Waals surface area (Å²) >= 11 is -1.85. The fourth-order valence-electron chi connectivity index (χ4n) is 0.993. The van der Waals surface area contributed by atoms with Gasteiger partial charge in [-0.1, -0.05) is 31.5 Å². The van der Waals surface area contributed by atoms with Crippen LogP contribution in [0.5, 0.6) is 5.75 Å². The van der Waals surface area contributed by atoms with Gasteiger partial charge in [0.05, 0.1) is 6.61 Å². The molecular weight excluding hydrogens is 242 g/mol. The highest BCUT2D eigenvalue weighted by molar-refractivity contribution is 7.78. The predicted molar refractivity (Wildman–Crippen MR) is 64.6 cm³/mol. The topological polar surface area (TPSA) is 64.6 Å². The Morgan fingerprint density at radius 1 is 1.35 bits per heavy atom. The van der Waals surface area contributed by atoms with E-state index in [1.807, 2.05) is 6.92 Å². The van der Waals surface area contributed by atoms with Crippen molar-refractivity contribution < 1.29 is 17.9 Å². The highest BCUT2D eigenvalue weighted by Gasteiger charge is 2.08. The zero-order chi connectivity index (χ0) is 12.5. The van der Waals surface area contributed by atoms with Gasteiger partial charge in [0.1, 0.15) is 5.75 Å². The van der Waals surface area contributed by atoms with Crippen LogP contribution >= 0.6 is 0 Å². The monoisotopic (exact) mass is 257 g/mol. The number of benzene rings is 1. The van der Waals surface area contributed by atoms with Gasteiger partial charge in [-0.25, -0.2) is 13.7 Å². The van der Waals surface area contributed by atoms with Gasteiger partial charge in [-0.15, -0.1) is 0 Å². The molecule has 5 nitrogen and oxygen atoms in total. The van der Waals surface area contributed by atoms with E-state index in [9.17, 15) is 9.00 Å². The number of nitrogens with one attached hydrogen (secondary N) is 1. The van der Waals surface area contributed by atoms with Crippen molar-refractivity contribution in [2.75, 3.05) is 6.61 Å². The largest absolute Gasteiger partial charge is 0.426 e. The van der Waals surface area contributed by atoms with Crippen LogP contribution in [0.2, 0.25) is 0 Å². The molecule has 0 spiro atoms. The minimum Gasteiger partial charge on any atom is -0.410 e. The molecule has 0 radical (unpaired) electrons. The van der Waals surface area contributed by atoms with Crippen LogP contribution in [0.25, 0.3) is 0 Å². The van der Waals surface area contributed by atoms with Crippen LogP contribution in [0, 0.1) is 0 Å². The first-order chi connectivity index (χ1) is 8.22. The smallest absolute Gasteiger partial charge is 0.410 e. The van der Waals surface area contributed by atoms with E-state index < -0.39 is 17.4 Å². The normalized spacial score (nSPS) is 11.8. The molecule has 94 valence electrons. The average molecular weight is 257 g/mol. The SMILES string of the molecule is CCCCOS(=O)NC(=O)Oc1ccccc1. The third kappa shape index (κ3) is 6.03. The summed E-state index contributed by atoms with van der Waals surface area (Å²) in [5, 5.41) is 0. The Kier molecular flexibility index (Phi) is 6.27. The van der Waals surface area contributed by atoms with Crippen molar-refractivity contribution in [3.63, 3.8) is 0 Å². The van der Waals surface area contributed by atoms with Crippen molar-refractivity contribution in [3.8, 4) is 5.75 Å². The third-order valence-corrected chi connectivity index (χ3v) is 2.52. The molecule has 0 aliphatic rings. The molecule has 1 aromatic carbocycles. The summed E-state index contributed by atoms with van der Waals surface area (Å²) < 4.78 is 23.0. The highest BCUT2D eigenvalue weighted by atomic mass is 32.2. The van der Waals surface area contributed by atoms with Crippen molar-refractivity contribution in [2.45, 2.75) is 19.8 Å². The lowest BCUT2D eigenvalue weighted by molar-refractivity contribution is 0.205. The number of hydrogen-bond acceptors (Lipinski definition) is 4. The third-order valence-electron chi connectivity index (χ3n) is 1.81. The van der Waals surface area contributed by atoms with Crippen LogP contribution in [0.3, 0.4) is 0 Å². The van der Waals surface area contributed by atoms with Gasteiger partial charge in [0, 0.05) is 0 Å². The van der Waals surface area contributed by atoms with Gasteiger partial charge in [0.2, 0.25) is 0 Å². The summed E-state index contributed by atoms with van der Waals surface area (Å²) in [4.78, 5) is 11.2. The van der Waals surface area contributed by atoms with E-state index in [1.54, 1.807) is 30.3 Å². The Morgan fingerprint density at radius 2 is 2.06 bits per heavy atom. The number of carbonyl (C=O) groups excluding carboxylic acids is 1. The lowest BCUT2D eigenvalue weighted by Crippen LogP contribution is -2.30. The van der Waals surface area contributed by atoms with E-state index >= 15 is 0 Å². The van der Waals surface area contributed by atoms with E-state index in [0.717, 1.165) is 12.8 Å². The lowest BCUT2D eigenvalue weighted by atomic mass is 10.3. The summed E-state index contributed by atoms with van der Waals surface area (Å²) in [6.07, 6.45) is 0.929. The van der Waals surface area contributed by atoms with E-state index in [4.69, 9.17) is 8.92 Å². The van der Waals surface area contributed by atoms with Crippen molar-refractivity contribution >= 4 is 17.4 Å². The molecule has 17 heavy (non-hydrogen) atoms. The van der Waals surface area contributed by atoms with Crippen LogP contribution in [0.4, 0.5) is 4.79 Å². The molecule has 6 heteroatoms. The van der Waals surface area contributed by atoms with Gasteiger partial charge in [-0.3, -0.25) is 4.18 Å². The van der Waals surface area contributed by atoms with Gasteiger partial charge in [0.15, 0.2) is 0 Å². The molecule has 0 heterocycles. The maximum absolute atomic E-state index is 11.2. The Labute approximate surface area is 103 Å². The second-order valence-corrected chi connectivity index (χ2v) is 4.12. The highest BCUT2D eigenvalue weighted by Crippen LogP contribution is 2.08. The van der Waals surface area contributed by atoms with Crippen molar-refractivity contribution in [2.24, 2.45) is 0 Å². The lowest BCUT2D eigenvalue weighted by Gasteiger charge is -2.05. The number of hydrogen-bond donors (Lipinski definition) is 1. The number of carbonyl (C=O) groups is 1. The van der Waals surface area contributed by atoms with Crippen LogP contribution in [0.15, 0.2) is 30.3 Å². The first-order valence-electron chi connectivity index (χ1n) is 5.31. The minimum atomic E-state index is -1.85. The molecule has 0 aliphatic heterocycles. The fraction of sp³-hybridized carbons (Fsp3) is 0.364. The summed E-state index contributed by atoms with van der Waals surface area (Å²) in [5.41, 5.74) is 0. The Hall–Kier alpha value is -1.40. The molecule has 0 saturated carbocycles. The molecule has 1 unspecified atom stereocenters. The molecule has 1 aromatic rings. The summed E-state index contributed by atoms with van der Waals surface area (Å²) in [6, 6.07) is 8.52. The maximum atomic E-state index is 11.2. The van der Waals surface area contributed by atoms with Gasteiger partial charge in [-0.2, -0.15) is 0 Å². The number of rotatable bonds is 6. The first-order valence-corrected chi connectivity index (χ1v) is 6.38. The molecule has 1 atom stereocenters. The molecule has 0 saturated heterocycles. The van der Waals surface area contributed by atoms with Crippen molar-refractivity contribution in [1.29, 1.82) is 0 Å². The van der Waals surface area contributed by atoms with Crippen molar-refractivity contribution in [1.82, 2.24) is 4.72 Å². The van der Waals surface area contributed by atoms with Gasteiger partial charge >= 0.3 is 6.09 Å². The summed E-state index contributed by atoms with van der Waals surface area (Å²) in [5.74, 6) is 0.385. The predicted octanol–water partition coefficient (Wildman–Crippen LogP) is 2.17. The molecule has 0 fully saturated rings. The molecular formula is C11H15NO4S.